The molecule has 24 heavy (non-hydrogen) atoms. The monoisotopic (exact) mass is 329 g/mol. The van der Waals surface area contributed by atoms with Crippen LogP contribution in [0.15, 0.2) is 18.2 Å². The van der Waals surface area contributed by atoms with Crippen LogP contribution in [0.1, 0.15) is 44.6 Å². The van der Waals surface area contributed by atoms with Gasteiger partial charge in [-0.05, 0) is 30.4 Å². The first-order chi connectivity index (χ1) is 11.3. The molecule has 1 aromatic heterocycles. The number of benzene rings is 1. The van der Waals surface area contributed by atoms with Crippen LogP contribution in [-0.2, 0) is 16.0 Å². The van der Waals surface area contributed by atoms with Crippen LogP contribution in [0.4, 0.5) is 0 Å². The van der Waals surface area contributed by atoms with Gasteiger partial charge in [-0.2, -0.15) is 0 Å². The number of nitrogens with zero attached hydrogens (tertiary/aromatic N) is 1. The summed E-state index contributed by atoms with van der Waals surface area (Å²) in [6, 6.07) is 5.85. The molecule has 0 bridgehead atoms. The van der Waals surface area contributed by atoms with Crippen LogP contribution in [0, 0.1) is 5.41 Å². The third-order valence-electron chi connectivity index (χ3n) is 4.47. The van der Waals surface area contributed by atoms with Crippen LogP contribution >= 0.6 is 0 Å². The van der Waals surface area contributed by atoms with Crippen LogP contribution in [0.25, 0.3) is 10.9 Å². The van der Waals surface area contributed by atoms with Gasteiger partial charge in [-0.1, -0.05) is 13.8 Å². The maximum absolute atomic E-state index is 11.5. The summed E-state index contributed by atoms with van der Waals surface area (Å²) in [5.74, 6) is 1.05. The lowest BCUT2D eigenvalue weighted by molar-refractivity contribution is -0.148. The minimum atomic E-state index is -0.268. The molecule has 1 unspecified atom stereocenters. The average Bonchev–Trinajstić information content (AvgIpc) is 2.50. The average molecular weight is 329 g/mol. The van der Waals surface area contributed by atoms with Gasteiger partial charge in [-0.25, -0.2) is 0 Å². The minimum absolute atomic E-state index is 0.0321. The number of pyridine rings is 1. The van der Waals surface area contributed by atoms with Gasteiger partial charge in [0, 0.05) is 29.6 Å². The molecule has 0 N–H and O–H groups in total. The Kier molecular flexibility index (Phi) is 4.11. The summed E-state index contributed by atoms with van der Waals surface area (Å²) in [7, 11) is 3.22. The van der Waals surface area contributed by atoms with E-state index in [1.54, 1.807) is 14.2 Å². The molecule has 0 amide bonds. The largest absolute Gasteiger partial charge is 0.493 e. The molecule has 5 nitrogen and oxygen atoms in total. The molecule has 1 heterocycles. The molecule has 2 aromatic rings. The second kappa shape index (κ2) is 5.96. The van der Waals surface area contributed by atoms with E-state index in [0.717, 1.165) is 35.0 Å². The van der Waals surface area contributed by atoms with Gasteiger partial charge in [0.1, 0.15) is 6.10 Å². The molecular formula is C19H23NO4. The zero-order valence-corrected chi connectivity index (χ0v) is 14.8. The van der Waals surface area contributed by atoms with Crippen LogP contribution in [-0.4, -0.2) is 25.2 Å². The van der Waals surface area contributed by atoms with Gasteiger partial charge in [0.2, 0.25) is 0 Å². The molecule has 0 spiro atoms. The van der Waals surface area contributed by atoms with Crippen molar-refractivity contribution in [1.29, 1.82) is 0 Å². The standard InChI is InChI=1S/C19H23NO4/c1-11(21)24-18-10-19(2,3)9-15-13(18)6-12-7-16(22-4)17(23-5)8-14(12)20-15/h6-8,18H,9-10H2,1-5H3. The van der Waals surface area contributed by atoms with Crippen molar-refractivity contribution in [2.75, 3.05) is 14.2 Å². The molecule has 1 aromatic carbocycles. The molecule has 5 heteroatoms. The van der Waals surface area contributed by atoms with Gasteiger partial charge in [0.25, 0.3) is 0 Å². The molecule has 1 atom stereocenters. The van der Waals surface area contributed by atoms with Gasteiger partial charge < -0.3 is 14.2 Å². The zero-order valence-electron chi connectivity index (χ0n) is 14.8. The number of carbonyl (C=O) groups excluding carboxylic acids is 1. The summed E-state index contributed by atoms with van der Waals surface area (Å²) in [6.07, 6.45) is 1.39. The highest BCUT2D eigenvalue weighted by Crippen LogP contribution is 2.43. The number of ether oxygens (including phenoxy) is 3. The maximum atomic E-state index is 11.5. The summed E-state index contributed by atoms with van der Waals surface area (Å²) >= 11 is 0. The molecule has 1 aliphatic carbocycles. The van der Waals surface area contributed by atoms with Crippen molar-refractivity contribution in [2.24, 2.45) is 5.41 Å². The number of rotatable bonds is 3. The van der Waals surface area contributed by atoms with Crippen molar-refractivity contribution in [1.82, 2.24) is 4.98 Å². The first-order valence-electron chi connectivity index (χ1n) is 8.06. The smallest absolute Gasteiger partial charge is 0.303 e. The number of aromatic nitrogens is 1. The van der Waals surface area contributed by atoms with Crippen LogP contribution in [0.3, 0.4) is 0 Å². The van der Waals surface area contributed by atoms with E-state index in [1.807, 2.05) is 12.1 Å². The minimum Gasteiger partial charge on any atom is -0.493 e. The van der Waals surface area contributed by atoms with E-state index in [4.69, 9.17) is 19.2 Å². The molecule has 0 fully saturated rings. The van der Waals surface area contributed by atoms with Crippen molar-refractivity contribution >= 4 is 16.9 Å². The van der Waals surface area contributed by atoms with Crippen molar-refractivity contribution in [3.63, 3.8) is 0 Å². The maximum Gasteiger partial charge on any atom is 0.303 e. The van der Waals surface area contributed by atoms with Crippen molar-refractivity contribution in [3.05, 3.63) is 29.5 Å². The summed E-state index contributed by atoms with van der Waals surface area (Å²) in [6.45, 7) is 5.80. The van der Waals surface area contributed by atoms with Crippen molar-refractivity contribution in [2.45, 2.75) is 39.7 Å². The van der Waals surface area contributed by atoms with Crippen molar-refractivity contribution < 1.29 is 19.0 Å². The highest BCUT2D eigenvalue weighted by atomic mass is 16.5. The summed E-state index contributed by atoms with van der Waals surface area (Å²) in [5, 5.41) is 0.947. The first-order valence-corrected chi connectivity index (χ1v) is 8.06. The molecular weight excluding hydrogens is 306 g/mol. The topological polar surface area (TPSA) is 57.6 Å². The molecule has 3 rings (SSSR count). The fraction of sp³-hybridized carbons (Fsp3) is 0.474. The van der Waals surface area contributed by atoms with Crippen LogP contribution in [0.2, 0.25) is 0 Å². The highest BCUT2D eigenvalue weighted by molar-refractivity contribution is 5.84. The third-order valence-corrected chi connectivity index (χ3v) is 4.47. The SMILES string of the molecule is COc1cc2cc3c(nc2cc1OC)CC(C)(C)CC3OC(C)=O. The van der Waals surface area contributed by atoms with Gasteiger partial charge in [0.15, 0.2) is 11.5 Å². The number of esters is 1. The van der Waals surface area contributed by atoms with Gasteiger partial charge >= 0.3 is 5.97 Å². The predicted octanol–water partition coefficient (Wildman–Crippen LogP) is 3.83. The molecule has 0 aliphatic heterocycles. The van der Waals surface area contributed by atoms with Crippen LogP contribution < -0.4 is 9.47 Å². The molecule has 0 saturated carbocycles. The van der Waals surface area contributed by atoms with E-state index < -0.39 is 0 Å². The second-order valence-electron chi connectivity index (χ2n) is 7.07. The predicted molar refractivity (Wildman–Crippen MR) is 91.5 cm³/mol. The summed E-state index contributed by atoms with van der Waals surface area (Å²) in [4.78, 5) is 16.3. The molecule has 128 valence electrons. The lowest BCUT2D eigenvalue weighted by atomic mass is 9.74. The van der Waals surface area contributed by atoms with E-state index >= 15 is 0 Å². The molecule has 1 aliphatic rings. The Morgan fingerprint density at radius 2 is 1.83 bits per heavy atom. The zero-order chi connectivity index (χ0) is 17.5. The van der Waals surface area contributed by atoms with E-state index in [9.17, 15) is 4.79 Å². The Morgan fingerprint density at radius 1 is 1.17 bits per heavy atom. The van der Waals surface area contributed by atoms with E-state index in [1.165, 1.54) is 6.92 Å². The number of methoxy groups -OCH3 is 2. The van der Waals surface area contributed by atoms with Gasteiger partial charge in [0.05, 0.1) is 19.7 Å². The lowest BCUT2D eigenvalue weighted by Crippen LogP contribution is -2.28. The number of hydrogen-bond acceptors (Lipinski definition) is 5. The van der Waals surface area contributed by atoms with Gasteiger partial charge in [-0.15, -0.1) is 0 Å². The number of fused-ring (bicyclic) bond motifs is 2. The van der Waals surface area contributed by atoms with Crippen LogP contribution in [0.5, 0.6) is 11.5 Å². The van der Waals surface area contributed by atoms with E-state index in [0.29, 0.717) is 11.5 Å². The Bertz CT molecular complexity index is 798. The Balaban J connectivity index is 2.17. The third kappa shape index (κ3) is 3.03. The number of carbonyl (C=O) groups is 1. The van der Waals surface area contributed by atoms with E-state index in [2.05, 4.69) is 19.9 Å². The Morgan fingerprint density at radius 3 is 2.46 bits per heavy atom. The van der Waals surface area contributed by atoms with Crippen molar-refractivity contribution in [3.8, 4) is 11.5 Å². The summed E-state index contributed by atoms with van der Waals surface area (Å²) in [5.41, 5.74) is 2.86. The fourth-order valence-electron chi connectivity index (χ4n) is 3.42. The Labute approximate surface area is 141 Å². The Hall–Kier alpha value is -2.30. The molecule has 0 saturated heterocycles. The lowest BCUT2D eigenvalue weighted by Gasteiger charge is -2.35. The quantitative estimate of drug-likeness (QED) is 0.801. The first kappa shape index (κ1) is 16.6. The fourth-order valence-corrected chi connectivity index (χ4v) is 3.42. The summed E-state index contributed by atoms with van der Waals surface area (Å²) < 4.78 is 16.3. The normalized spacial score (nSPS) is 18.8. The molecule has 0 radical (unpaired) electrons. The van der Waals surface area contributed by atoms with E-state index in [-0.39, 0.29) is 17.5 Å². The highest BCUT2D eigenvalue weighted by Gasteiger charge is 2.35. The van der Waals surface area contributed by atoms with Gasteiger partial charge in [-0.3, -0.25) is 9.78 Å². The number of hydrogen-bond donors (Lipinski definition) is 0. The second-order valence-corrected chi connectivity index (χ2v) is 7.07.